The van der Waals surface area contributed by atoms with Gasteiger partial charge in [0.15, 0.2) is 5.78 Å². The number of carbonyl (C=O) groups is 1. The molecule has 1 unspecified atom stereocenters. The fourth-order valence-electron chi connectivity index (χ4n) is 0.909. The number of nitrogens with one attached hydrogen (secondary N) is 1. The van der Waals surface area contributed by atoms with Crippen molar-refractivity contribution >= 4 is 5.78 Å². The molecule has 0 radical (unpaired) electrons. The van der Waals surface area contributed by atoms with Crippen LogP contribution in [0.1, 0.15) is 13.8 Å². The maximum atomic E-state index is 12.4. The van der Waals surface area contributed by atoms with Crippen LogP contribution in [0.25, 0.3) is 0 Å². The molecular weight excluding hydrogens is 181 g/mol. The van der Waals surface area contributed by atoms with Crippen LogP contribution in [-0.4, -0.2) is 18.9 Å². The number of hydrogen-bond donors (Lipinski definition) is 1. The second-order valence-corrected chi connectivity index (χ2v) is 3.13. The fourth-order valence-corrected chi connectivity index (χ4v) is 0.909. The van der Waals surface area contributed by atoms with Gasteiger partial charge in [-0.1, -0.05) is 13.2 Å². The number of hydrogen-bond acceptors (Lipinski definition) is 2. The van der Waals surface area contributed by atoms with Crippen LogP contribution < -0.4 is 5.32 Å². The molecule has 0 saturated heterocycles. The first kappa shape index (κ1) is 12.8. The van der Waals surface area contributed by atoms with Crippen LogP contribution in [0.5, 0.6) is 0 Å². The summed E-state index contributed by atoms with van der Waals surface area (Å²) in [6.07, 6.45) is 1.20. The van der Waals surface area contributed by atoms with Gasteiger partial charge >= 0.3 is 0 Å². The van der Waals surface area contributed by atoms with Gasteiger partial charge in [0, 0.05) is 5.57 Å². The predicted octanol–water partition coefficient (Wildman–Crippen LogP) is 2.15. The molecule has 0 bridgehead atoms. The number of halogens is 1. The Morgan fingerprint density at radius 3 is 2.36 bits per heavy atom. The summed E-state index contributed by atoms with van der Waals surface area (Å²) in [7, 11) is 1.68. The van der Waals surface area contributed by atoms with Crippen molar-refractivity contribution in [3.63, 3.8) is 0 Å². The average molecular weight is 197 g/mol. The molecule has 0 aromatic carbocycles. The number of carbonyl (C=O) groups excluding carboxylic acids is 1. The Morgan fingerprint density at radius 1 is 1.50 bits per heavy atom. The van der Waals surface area contributed by atoms with Gasteiger partial charge < -0.3 is 5.32 Å². The molecule has 0 aliphatic heterocycles. The molecule has 3 heteroatoms. The second-order valence-electron chi connectivity index (χ2n) is 3.13. The lowest BCUT2D eigenvalue weighted by Crippen LogP contribution is -2.31. The zero-order valence-electron chi connectivity index (χ0n) is 8.86. The minimum absolute atomic E-state index is 0.137. The lowest BCUT2D eigenvalue weighted by atomic mass is 10.0. The number of Topliss-reactive ketones (excluding diaryl/α,β-unsaturated/α-hetero) is 1. The number of ketones is 1. The van der Waals surface area contributed by atoms with E-state index in [2.05, 4.69) is 18.5 Å². The summed E-state index contributed by atoms with van der Waals surface area (Å²) in [4.78, 5) is 11.5. The molecule has 0 spiro atoms. The highest BCUT2D eigenvalue weighted by atomic mass is 19.1. The topological polar surface area (TPSA) is 29.1 Å². The van der Waals surface area contributed by atoms with E-state index in [4.69, 9.17) is 0 Å². The molecule has 1 N–H and O–H groups in total. The van der Waals surface area contributed by atoms with Crippen molar-refractivity contribution < 1.29 is 9.18 Å². The average Bonchev–Trinajstić information content (AvgIpc) is 2.13. The molecule has 0 heterocycles. The van der Waals surface area contributed by atoms with E-state index < -0.39 is 5.83 Å². The summed E-state index contributed by atoms with van der Waals surface area (Å²) in [5, 5.41) is 2.80. The molecule has 0 amide bonds. The van der Waals surface area contributed by atoms with Gasteiger partial charge in [-0.3, -0.25) is 4.79 Å². The van der Waals surface area contributed by atoms with Gasteiger partial charge in [0.25, 0.3) is 0 Å². The molecule has 0 fully saturated rings. The highest BCUT2D eigenvalue weighted by molar-refractivity contribution is 6.02. The van der Waals surface area contributed by atoms with Crippen molar-refractivity contribution in [1.29, 1.82) is 0 Å². The largest absolute Gasteiger partial charge is 0.310 e. The van der Waals surface area contributed by atoms with E-state index >= 15 is 0 Å². The maximum absolute atomic E-state index is 12.4. The SMILES string of the molecule is C=C(F)/C=C(\C)C(=C)C(=O)C(C)NC. The highest BCUT2D eigenvalue weighted by Crippen LogP contribution is 2.12. The number of rotatable bonds is 5. The standard InChI is InChI=1S/C11H16FNO/c1-7(6-8(2)12)9(3)11(14)10(4)13-5/h6,10,13H,2-3H2,1,4-5H3/b7-6+. The molecule has 0 rings (SSSR count). The van der Waals surface area contributed by atoms with Crippen molar-refractivity contribution in [3.8, 4) is 0 Å². The lowest BCUT2D eigenvalue weighted by molar-refractivity contribution is -0.116. The van der Waals surface area contributed by atoms with E-state index in [1.165, 1.54) is 6.08 Å². The third-order valence-corrected chi connectivity index (χ3v) is 1.97. The maximum Gasteiger partial charge on any atom is 0.179 e. The van der Waals surface area contributed by atoms with Crippen LogP contribution in [0.2, 0.25) is 0 Å². The minimum atomic E-state index is -0.575. The van der Waals surface area contributed by atoms with Crippen molar-refractivity contribution in [3.05, 3.63) is 36.2 Å². The molecule has 0 aromatic heterocycles. The van der Waals surface area contributed by atoms with Crippen LogP contribution in [-0.2, 0) is 4.79 Å². The van der Waals surface area contributed by atoms with Gasteiger partial charge in [-0.2, -0.15) is 0 Å². The van der Waals surface area contributed by atoms with Gasteiger partial charge in [0.1, 0.15) is 5.83 Å². The summed E-state index contributed by atoms with van der Waals surface area (Å²) in [6.45, 7) is 10.1. The molecular formula is C11H16FNO. The van der Waals surface area contributed by atoms with Crippen LogP contribution >= 0.6 is 0 Å². The van der Waals surface area contributed by atoms with Gasteiger partial charge in [0.2, 0.25) is 0 Å². The summed E-state index contributed by atoms with van der Waals surface area (Å²) in [6, 6.07) is -0.307. The van der Waals surface area contributed by atoms with E-state index in [0.29, 0.717) is 11.1 Å². The van der Waals surface area contributed by atoms with Crippen molar-refractivity contribution in [2.75, 3.05) is 7.05 Å². The predicted molar refractivity (Wildman–Crippen MR) is 56.7 cm³/mol. The molecule has 0 aliphatic carbocycles. The normalized spacial score (nSPS) is 13.6. The Kier molecular flexibility index (Phi) is 5.02. The highest BCUT2D eigenvalue weighted by Gasteiger charge is 2.15. The third-order valence-electron chi connectivity index (χ3n) is 1.97. The fraction of sp³-hybridized carbons (Fsp3) is 0.364. The van der Waals surface area contributed by atoms with Gasteiger partial charge in [0.05, 0.1) is 6.04 Å². The minimum Gasteiger partial charge on any atom is -0.310 e. The Labute approximate surface area is 84.2 Å². The van der Waals surface area contributed by atoms with Crippen LogP contribution in [0.15, 0.2) is 36.2 Å². The van der Waals surface area contributed by atoms with E-state index in [0.717, 1.165) is 0 Å². The zero-order chi connectivity index (χ0) is 11.3. The van der Waals surface area contributed by atoms with E-state index in [1.807, 2.05) is 0 Å². The number of likely N-dealkylation sites (N-methyl/N-ethyl adjacent to an activating group) is 1. The monoisotopic (exact) mass is 197 g/mol. The van der Waals surface area contributed by atoms with Gasteiger partial charge in [-0.15, -0.1) is 0 Å². The smallest absolute Gasteiger partial charge is 0.179 e. The van der Waals surface area contributed by atoms with Crippen molar-refractivity contribution in [1.82, 2.24) is 5.32 Å². The Balaban J connectivity index is 4.63. The second kappa shape index (κ2) is 5.50. The van der Waals surface area contributed by atoms with Crippen molar-refractivity contribution in [2.45, 2.75) is 19.9 Å². The first-order valence-electron chi connectivity index (χ1n) is 4.33. The van der Waals surface area contributed by atoms with E-state index in [-0.39, 0.29) is 11.8 Å². The summed E-state index contributed by atoms with van der Waals surface area (Å²) >= 11 is 0. The van der Waals surface area contributed by atoms with Crippen LogP contribution in [0, 0.1) is 0 Å². The number of allylic oxidation sites excluding steroid dienone is 3. The van der Waals surface area contributed by atoms with Gasteiger partial charge in [-0.05, 0) is 32.5 Å². The first-order valence-corrected chi connectivity index (χ1v) is 4.33. The zero-order valence-corrected chi connectivity index (χ0v) is 8.86. The molecule has 0 aliphatic rings. The first-order chi connectivity index (χ1) is 6.40. The lowest BCUT2D eigenvalue weighted by Gasteiger charge is -2.11. The van der Waals surface area contributed by atoms with E-state index in [9.17, 15) is 9.18 Å². The van der Waals surface area contributed by atoms with Crippen LogP contribution in [0.4, 0.5) is 4.39 Å². The third kappa shape index (κ3) is 3.66. The Bertz CT molecular complexity index is 292. The Hall–Kier alpha value is -1.22. The molecule has 1 atom stereocenters. The van der Waals surface area contributed by atoms with E-state index in [1.54, 1.807) is 20.9 Å². The summed E-state index contributed by atoms with van der Waals surface area (Å²) in [5.74, 6) is -0.712. The van der Waals surface area contributed by atoms with Gasteiger partial charge in [-0.25, -0.2) is 4.39 Å². The summed E-state index contributed by atoms with van der Waals surface area (Å²) < 4.78 is 12.4. The quantitative estimate of drug-likeness (QED) is 0.540. The molecule has 0 aromatic rings. The molecule has 2 nitrogen and oxygen atoms in total. The molecule has 78 valence electrons. The molecule has 14 heavy (non-hydrogen) atoms. The summed E-state index contributed by atoms with van der Waals surface area (Å²) in [5.41, 5.74) is 0.815. The Morgan fingerprint density at radius 2 is 2.00 bits per heavy atom. The van der Waals surface area contributed by atoms with Crippen LogP contribution in [0.3, 0.4) is 0 Å². The van der Waals surface area contributed by atoms with Crippen molar-refractivity contribution in [2.24, 2.45) is 0 Å². The molecule has 0 saturated carbocycles.